The molecule has 0 aromatic heterocycles. The van der Waals surface area contributed by atoms with Crippen molar-refractivity contribution in [1.29, 1.82) is 0 Å². The first-order valence-corrected chi connectivity index (χ1v) is 12.9. The van der Waals surface area contributed by atoms with Crippen LogP contribution in [-0.2, 0) is 7.87 Å². The summed E-state index contributed by atoms with van der Waals surface area (Å²) in [7, 11) is 0. The van der Waals surface area contributed by atoms with Gasteiger partial charge in [0, 0.05) is 0 Å². The average molecular weight is 237 g/mol. The first kappa shape index (κ1) is 9.27. The second kappa shape index (κ2) is 3.44. The van der Waals surface area contributed by atoms with Crippen molar-refractivity contribution in [3.05, 3.63) is 0 Å². The SMILES string of the molecule is CCC(=O)[O][Sn]([CH3])([CH3])[CH3]. The van der Waals surface area contributed by atoms with Gasteiger partial charge in [0.1, 0.15) is 0 Å². The monoisotopic (exact) mass is 238 g/mol. The van der Waals surface area contributed by atoms with Crippen molar-refractivity contribution in [2.75, 3.05) is 0 Å². The molecule has 0 spiro atoms. The molecule has 0 atom stereocenters. The predicted octanol–water partition coefficient (Wildman–Crippen LogP) is 1.77. The van der Waals surface area contributed by atoms with Crippen molar-refractivity contribution in [1.82, 2.24) is 0 Å². The summed E-state index contributed by atoms with van der Waals surface area (Å²) in [6, 6.07) is 0. The number of hydrogen-bond donors (Lipinski definition) is 0. The molecule has 0 aliphatic carbocycles. The molecule has 0 unspecified atom stereocenters. The standard InChI is InChI=1S/C3H6O2.3CH3.Sn/c1-2-3(4)5;;;;/h2H2,1H3,(H,4,5);3*1H3;/q;;;;+1/p-1. The molecule has 0 aromatic carbocycles. The normalized spacial score (nSPS) is 11.1. The molecule has 0 bridgehead atoms. The Morgan fingerprint density at radius 1 is 1.44 bits per heavy atom. The van der Waals surface area contributed by atoms with Crippen molar-refractivity contribution in [3.8, 4) is 0 Å². The molecule has 9 heavy (non-hydrogen) atoms. The molecule has 54 valence electrons. The van der Waals surface area contributed by atoms with Crippen molar-refractivity contribution < 1.29 is 7.87 Å². The first-order valence-electron chi connectivity index (χ1n) is 3.17. The predicted molar refractivity (Wildman–Crippen MR) is 39.7 cm³/mol. The molecule has 2 nitrogen and oxygen atoms in total. The molecule has 3 heteroatoms. The van der Waals surface area contributed by atoms with Crippen LogP contribution in [0.2, 0.25) is 14.8 Å². The summed E-state index contributed by atoms with van der Waals surface area (Å²) < 4.78 is 5.16. The number of carbonyl (C=O) groups excluding carboxylic acids is 1. The third-order valence-corrected chi connectivity index (χ3v) is 3.11. The van der Waals surface area contributed by atoms with Gasteiger partial charge in [-0.2, -0.15) is 0 Å². The van der Waals surface area contributed by atoms with Gasteiger partial charge in [-0.25, -0.2) is 0 Å². The van der Waals surface area contributed by atoms with Crippen LogP contribution in [0.25, 0.3) is 0 Å². The van der Waals surface area contributed by atoms with Crippen LogP contribution in [0, 0.1) is 0 Å². The Hall–Kier alpha value is 0.269. The third kappa shape index (κ3) is 6.15. The van der Waals surface area contributed by atoms with Gasteiger partial charge in [0.2, 0.25) is 0 Å². The second-order valence-electron chi connectivity index (χ2n) is 2.94. The number of rotatable bonds is 2. The van der Waals surface area contributed by atoms with E-state index in [1.807, 2.05) is 6.92 Å². The molecule has 0 aliphatic heterocycles. The fourth-order valence-electron chi connectivity index (χ4n) is 0.414. The Morgan fingerprint density at radius 3 is 2.00 bits per heavy atom. The summed E-state index contributed by atoms with van der Waals surface area (Å²) in [4.78, 5) is 16.9. The van der Waals surface area contributed by atoms with E-state index in [1.54, 1.807) is 0 Å². The molecule has 0 saturated carbocycles. The fourth-order valence-corrected chi connectivity index (χ4v) is 2.78. The van der Waals surface area contributed by atoms with Crippen LogP contribution in [0.15, 0.2) is 0 Å². The van der Waals surface area contributed by atoms with Crippen LogP contribution in [0.1, 0.15) is 13.3 Å². The number of carbonyl (C=O) groups is 1. The fraction of sp³-hybridized carbons (Fsp3) is 0.833. The van der Waals surface area contributed by atoms with Crippen molar-refractivity contribution in [2.24, 2.45) is 0 Å². The molecule has 0 N–H and O–H groups in total. The molecule has 0 heterocycles. The van der Waals surface area contributed by atoms with Crippen LogP contribution in [0.3, 0.4) is 0 Å². The van der Waals surface area contributed by atoms with Gasteiger partial charge in [-0.15, -0.1) is 0 Å². The van der Waals surface area contributed by atoms with E-state index in [0.717, 1.165) is 0 Å². The summed E-state index contributed by atoms with van der Waals surface area (Å²) in [5, 5.41) is 0. The Kier molecular flexibility index (Phi) is 3.54. The third-order valence-electron chi connectivity index (χ3n) is 0.709. The zero-order valence-corrected chi connectivity index (χ0v) is 9.38. The average Bonchev–Trinajstić information content (AvgIpc) is 1.62. The summed E-state index contributed by atoms with van der Waals surface area (Å²) in [6.45, 7) is 1.82. The van der Waals surface area contributed by atoms with Gasteiger partial charge < -0.3 is 0 Å². The van der Waals surface area contributed by atoms with E-state index in [-0.39, 0.29) is 5.97 Å². The summed E-state index contributed by atoms with van der Waals surface area (Å²) in [5.41, 5.74) is 0. The van der Waals surface area contributed by atoms with Gasteiger partial charge in [0.25, 0.3) is 0 Å². The van der Waals surface area contributed by atoms with Gasteiger partial charge in [-0.1, -0.05) is 0 Å². The molecule has 0 rings (SSSR count). The van der Waals surface area contributed by atoms with E-state index in [0.29, 0.717) is 6.42 Å². The van der Waals surface area contributed by atoms with E-state index in [2.05, 4.69) is 14.8 Å². The van der Waals surface area contributed by atoms with E-state index in [4.69, 9.17) is 3.07 Å². The maximum absolute atomic E-state index is 10.7. The minimum atomic E-state index is -2.24. The maximum atomic E-state index is 10.7. The van der Waals surface area contributed by atoms with Gasteiger partial charge in [0.15, 0.2) is 0 Å². The summed E-state index contributed by atoms with van der Waals surface area (Å²) in [6.07, 6.45) is 0.508. The Labute approximate surface area is 61.0 Å². The zero-order chi connectivity index (χ0) is 7.49. The Morgan fingerprint density at radius 2 is 1.89 bits per heavy atom. The second-order valence-corrected chi connectivity index (χ2v) is 15.6. The Bertz CT molecular complexity index is 104. The van der Waals surface area contributed by atoms with Gasteiger partial charge in [0.05, 0.1) is 0 Å². The molecule has 0 aromatic rings. The first-order chi connectivity index (χ1) is 3.95. The molecular weight excluding hydrogens is 223 g/mol. The molecular formula is C6H14O2Sn. The van der Waals surface area contributed by atoms with Gasteiger partial charge >= 0.3 is 60.8 Å². The minimum absolute atomic E-state index is 0.0432. The van der Waals surface area contributed by atoms with Crippen molar-refractivity contribution in [2.45, 2.75) is 28.2 Å². The van der Waals surface area contributed by atoms with E-state index in [1.165, 1.54) is 0 Å². The van der Waals surface area contributed by atoms with Crippen LogP contribution >= 0.6 is 0 Å². The van der Waals surface area contributed by atoms with E-state index >= 15 is 0 Å². The van der Waals surface area contributed by atoms with Crippen LogP contribution in [0.5, 0.6) is 0 Å². The van der Waals surface area contributed by atoms with Crippen LogP contribution in [0.4, 0.5) is 0 Å². The molecule has 0 amide bonds. The molecule has 0 fully saturated rings. The summed E-state index contributed by atoms with van der Waals surface area (Å²) >= 11 is -2.24. The van der Waals surface area contributed by atoms with Gasteiger partial charge in [-0.05, 0) is 0 Å². The Balaban J connectivity index is 3.60. The zero-order valence-electron chi connectivity index (χ0n) is 6.52. The van der Waals surface area contributed by atoms with Crippen LogP contribution < -0.4 is 0 Å². The quantitative estimate of drug-likeness (QED) is 0.684. The van der Waals surface area contributed by atoms with Crippen molar-refractivity contribution in [3.63, 3.8) is 0 Å². The van der Waals surface area contributed by atoms with Gasteiger partial charge in [-0.3, -0.25) is 0 Å². The van der Waals surface area contributed by atoms with Crippen molar-refractivity contribution >= 4 is 24.8 Å². The molecule has 0 aliphatic rings. The molecule has 0 radical (unpaired) electrons. The van der Waals surface area contributed by atoms with Crippen LogP contribution in [-0.4, -0.2) is 24.8 Å². The topological polar surface area (TPSA) is 26.3 Å². The number of hydrogen-bond acceptors (Lipinski definition) is 2. The van der Waals surface area contributed by atoms with E-state index < -0.39 is 18.8 Å². The molecule has 0 saturated heterocycles. The van der Waals surface area contributed by atoms with E-state index in [9.17, 15) is 4.79 Å². The summed E-state index contributed by atoms with van der Waals surface area (Å²) in [5.74, 6) is -0.0432.